The summed E-state index contributed by atoms with van der Waals surface area (Å²) in [7, 11) is 4.79. The molecule has 1 N–H and O–H groups in total. The molecule has 0 radical (unpaired) electrons. The van der Waals surface area contributed by atoms with Crippen molar-refractivity contribution in [2.24, 2.45) is 0 Å². The van der Waals surface area contributed by atoms with Gasteiger partial charge in [0.2, 0.25) is 5.75 Å². The van der Waals surface area contributed by atoms with E-state index in [0.29, 0.717) is 17.2 Å². The number of nitrogens with zero attached hydrogens (tertiary/aromatic N) is 1. The van der Waals surface area contributed by atoms with Crippen molar-refractivity contribution in [1.82, 2.24) is 9.97 Å². The van der Waals surface area contributed by atoms with Gasteiger partial charge in [-0.2, -0.15) is 0 Å². The van der Waals surface area contributed by atoms with Crippen molar-refractivity contribution in [1.29, 1.82) is 0 Å². The summed E-state index contributed by atoms with van der Waals surface area (Å²) in [6, 6.07) is 17.8. The maximum absolute atomic E-state index is 6.14. The molecule has 148 valence electrons. The molecule has 0 saturated carbocycles. The highest BCUT2D eigenvalue weighted by Gasteiger charge is 2.17. The van der Waals surface area contributed by atoms with Crippen molar-refractivity contribution in [3.8, 4) is 28.6 Å². The van der Waals surface area contributed by atoms with Gasteiger partial charge in [0.25, 0.3) is 0 Å². The summed E-state index contributed by atoms with van der Waals surface area (Å²) in [5.74, 6) is 2.46. The molecule has 0 aliphatic heterocycles. The summed E-state index contributed by atoms with van der Waals surface area (Å²) in [4.78, 5) is 8.27. The van der Waals surface area contributed by atoms with Gasteiger partial charge in [0.1, 0.15) is 5.82 Å². The van der Waals surface area contributed by atoms with Gasteiger partial charge in [-0.15, -0.1) is 0 Å². The summed E-state index contributed by atoms with van der Waals surface area (Å²) in [5.41, 5.74) is 5.01. The fraction of sp³-hybridized carbons (Fsp3) is 0.174. The van der Waals surface area contributed by atoms with Crippen LogP contribution in [0.5, 0.6) is 17.2 Å². The van der Waals surface area contributed by atoms with Gasteiger partial charge in [0.05, 0.1) is 32.4 Å². The molecule has 0 bridgehead atoms. The normalized spacial score (nSPS) is 10.9. The zero-order valence-corrected chi connectivity index (χ0v) is 17.2. The Kier molecular flexibility index (Phi) is 5.32. The van der Waals surface area contributed by atoms with E-state index < -0.39 is 0 Å². The number of nitrogens with one attached hydrogen (secondary N) is 1. The molecule has 0 unspecified atom stereocenters. The molecule has 0 fully saturated rings. The topological polar surface area (TPSA) is 56.4 Å². The number of ether oxygens (including phenoxy) is 3. The third kappa shape index (κ3) is 3.74. The average molecular weight is 409 g/mol. The van der Waals surface area contributed by atoms with Crippen LogP contribution in [-0.2, 0) is 6.42 Å². The molecule has 1 aromatic heterocycles. The van der Waals surface area contributed by atoms with E-state index in [1.54, 1.807) is 21.3 Å². The largest absolute Gasteiger partial charge is 0.493 e. The van der Waals surface area contributed by atoms with Gasteiger partial charge in [0.15, 0.2) is 11.5 Å². The molecule has 1 heterocycles. The molecule has 29 heavy (non-hydrogen) atoms. The highest BCUT2D eigenvalue weighted by atomic mass is 35.5. The van der Waals surface area contributed by atoms with Crippen molar-refractivity contribution >= 4 is 22.6 Å². The molecular formula is C23H21ClN2O3. The lowest BCUT2D eigenvalue weighted by Crippen LogP contribution is -1.96. The van der Waals surface area contributed by atoms with Crippen LogP contribution in [0, 0.1) is 0 Å². The smallest absolute Gasteiger partial charge is 0.203 e. The van der Waals surface area contributed by atoms with Crippen LogP contribution < -0.4 is 14.2 Å². The van der Waals surface area contributed by atoms with E-state index in [4.69, 9.17) is 30.8 Å². The molecule has 0 saturated heterocycles. The molecule has 3 aromatic carbocycles. The van der Waals surface area contributed by atoms with Crippen molar-refractivity contribution in [2.45, 2.75) is 6.42 Å². The Hall–Kier alpha value is -3.18. The van der Waals surface area contributed by atoms with Crippen molar-refractivity contribution in [3.05, 3.63) is 70.7 Å². The first-order valence-electron chi connectivity index (χ1n) is 9.15. The van der Waals surface area contributed by atoms with E-state index in [1.165, 1.54) is 0 Å². The number of rotatable bonds is 6. The lowest BCUT2D eigenvalue weighted by molar-refractivity contribution is 0.324. The van der Waals surface area contributed by atoms with Crippen LogP contribution in [0.4, 0.5) is 0 Å². The third-order valence-electron chi connectivity index (χ3n) is 4.82. The van der Waals surface area contributed by atoms with E-state index in [9.17, 15) is 0 Å². The molecular weight excluding hydrogens is 388 g/mol. The second kappa shape index (κ2) is 8.05. The second-order valence-corrected chi connectivity index (χ2v) is 7.06. The number of para-hydroxylation sites is 1. The predicted molar refractivity (Wildman–Crippen MR) is 115 cm³/mol. The molecule has 0 aliphatic carbocycles. The monoisotopic (exact) mass is 408 g/mol. The first-order chi connectivity index (χ1) is 14.1. The molecule has 0 atom stereocenters. The first-order valence-corrected chi connectivity index (χ1v) is 9.53. The van der Waals surface area contributed by atoms with E-state index >= 15 is 0 Å². The highest BCUT2D eigenvalue weighted by molar-refractivity contribution is 6.30. The number of H-pyrrole nitrogens is 1. The average Bonchev–Trinajstić information content (AvgIpc) is 3.18. The number of hydrogen-bond donors (Lipinski definition) is 1. The minimum atomic E-state index is 0.552. The molecule has 5 nitrogen and oxygen atoms in total. The Bertz CT molecular complexity index is 1140. The Balaban J connectivity index is 1.79. The lowest BCUT2D eigenvalue weighted by atomic mass is 10.0. The Morgan fingerprint density at radius 1 is 0.897 bits per heavy atom. The molecule has 6 heteroatoms. The minimum absolute atomic E-state index is 0.552. The van der Waals surface area contributed by atoms with Crippen molar-refractivity contribution in [2.75, 3.05) is 21.3 Å². The predicted octanol–water partition coefficient (Wildman–Crippen LogP) is 5.50. The van der Waals surface area contributed by atoms with Crippen LogP contribution in [0.3, 0.4) is 0 Å². The molecule has 4 aromatic rings. The number of fused-ring (bicyclic) bond motifs is 1. The first kappa shape index (κ1) is 19.2. The van der Waals surface area contributed by atoms with Crippen LogP contribution >= 0.6 is 11.6 Å². The number of imidazole rings is 1. The number of aromatic nitrogens is 2. The zero-order chi connectivity index (χ0) is 20.4. The van der Waals surface area contributed by atoms with Crippen molar-refractivity contribution in [3.63, 3.8) is 0 Å². The molecule has 0 spiro atoms. The number of halogens is 1. The van der Waals surface area contributed by atoms with Gasteiger partial charge < -0.3 is 19.2 Å². The fourth-order valence-corrected chi connectivity index (χ4v) is 3.67. The lowest BCUT2D eigenvalue weighted by Gasteiger charge is -2.13. The maximum Gasteiger partial charge on any atom is 0.203 e. The quantitative estimate of drug-likeness (QED) is 0.457. The van der Waals surface area contributed by atoms with E-state index in [1.807, 2.05) is 42.5 Å². The molecule has 0 aliphatic rings. The minimum Gasteiger partial charge on any atom is -0.493 e. The number of hydrogen-bond acceptors (Lipinski definition) is 4. The fourth-order valence-electron chi connectivity index (χ4n) is 3.46. The zero-order valence-electron chi connectivity index (χ0n) is 16.5. The van der Waals surface area contributed by atoms with E-state index in [2.05, 4.69) is 17.1 Å². The van der Waals surface area contributed by atoms with E-state index in [-0.39, 0.29) is 0 Å². The Labute approximate surface area is 174 Å². The van der Waals surface area contributed by atoms with Crippen molar-refractivity contribution < 1.29 is 14.2 Å². The summed E-state index contributed by atoms with van der Waals surface area (Å²) in [6.45, 7) is 0. The van der Waals surface area contributed by atoms with Gasteiger partial charge in [-0.05, 0) is 47.9 Å². The van der Waals surface area contributed by atoms with Crippen LogP contribution in [0.25, 0.3) is 22.4 Å². The number of aromatic amines is 1. The van der Waals surface area contributed by atoms with Gasteiger partial charge in [-0.3, -0.25) is 0 Å². The van der Waals surface area contributed by atoms with Gasteiger partial charge >= 0.3 is 0 Å². The standard InChI is InChI=1S/C23H21ClN2O3/c1-27-19-12-16(13-20(28-2)22(19)29-3)23-25-18-9-5-7-15(21(18)26-23)10-14-6-4-8-17(24)11-14/h4-9,11-13H,10H2,1-3H3,(H,25,26). The number of methoxy groups -OCH3 is 3. The van der Waals surface area contributed by atoms with Crippen LogP contribution in [0.2, 0.25) is 5.02 Å². The van der Waals surface area contributed by atoms with Crippen LogP contribution in [0.15, 0.2) is 54.6 Å². The summed E-state index contributed by atoms with van der Waals surface area (Å²) in [5, 5.41) is 0.731. The maximum atomic E-state index is 6.14. The van der Waals surface area contributed by atoms with E-state index in [0.717, 1.165) is 45.0 Å². The highest BCUT2D eigenvalue weighted by Crippen LogP contribution is 2.41. The summed E-state index contributed by atoms with van der Waals surface area (Å²) < 4.78 is 16.4. The van der Waals surface area contributed by atoms with Gasteiger partial charge in [0, 0.05) is 10.6 Å². The molecule has 0 amide bonds. The third-order valence-corrected chi connectivity index (χ3v) is 5.05. The molecule has 4 rings (SSSR count). The Morgan fingerprint density at radius 2 is 1.62 bits per heavy atom. The van der Waals surface area contributed by atoms with Gasteiger partial charge in [-0.25, -0.2) is 4.98 Å². The number of benzene rings is 3. The van der Waals surface area contributed by atoms with Crippen LogP contribution in [0.1, 0.15) is 11.1 Å². The van der Waals surface area contributed by atoms with Crippen LogP contribution in [-0.4, -0.2) is 31.3 Å². The summed E-state index contributed by atoms with van der Waals surface area (Å²) in [6.07, 6.45) is 0.747. The summed E-state index contributed by atoms with van der Waals surface area (Å²) >= 11 is 6.14. The van der Waals surface area contributed by atoms with Gasteiger partial charge in [-0.1, -0.05) is 35.9 Å². The SMILES string of the molecule is COc1cc(-c2nc3c(Cc4cccc(Cl)c4)cccc3[nH]2)cc(OC)c1OC. The second-order valence-electron chi connectivity index (χ2n) is 6.62. The Morgan fingerprint density at radius 3 is 2.28 bits per heavy atom.